The van der Waals surface area contributed by atoms with Crippen LogP contribution in [0.2, 0.25) is 10.0 Å². The molecule has 0 unspecified atom stereocenters. The molecule has 4 rings (SSSR count). The topological polar surface area (TPSA) is 43.0 Å². The molecule has 178 valence electrons. The molecule has 0 radical (unpaired) electrons. The lowest BCUT2D eigenvalue weighted by Gasteiger charge is -2.39. The van der Waals surface area contributed by atoms with Gasteiger partial charge in [0.1, 0.15) is 18.2 Å². The molecule has 1 aliphatic heterocycles. The number of anilines is 1. The molecule has 0 bridgehead atoms. The number of methoxy groups -OCH3 is 2. The smallest absolute Gasteiger partial charge is 0.174 e. The predicted octanol–water partition coefficient (Wildman–Crippen LogP) is 6.52. The van der Waals surface area contributed by atoms with Crippen LogP contribution in [-0.2, 0) is 6.42 Å². The summed E-state index contributed by atoms with van der Waals surface area (Å²) < 4.78 is 30.4. The van der Waals surface area contributed by atoms with Gasteiger partial charge in [0.05, 0.1) is 30.3 Å². The predicted molar refractivity (Wildman–Crippen MR) is 137 cm³/mol. The van der Waals surface area contributed by atoms with Crippen molar-refractivity contribution in [2.45, 2.75) is 12.5 Å². The van der Waals surface area contributed by atoms with E-state index in [1.165, 1.54) is 12.1 Å². The number of ether oxygens (including phenoxy) is 3. The fraction of sp³-hybridized carbons (Fsp3) is 0.240. The zero-order chi connectivity index (χ0) is 24.2. The first-order valence-corrected chi connectivity index (χ1v) is 11.7. The number of halogens is 3. The molecule has 0 saturated heterocycles. The van der Waals surface area contributed by atoms with Gasteiger partial charge in [0, 0.05) is 12.2 Å². The van der Waals surface area contributed by atoms with Gasteiger partial charge in [0.15, 0.2) is 16.6 Å². The third-order valence-electron chi connectivity index (χ3n) is 5.66. The number of nitrogens with one attached hydrogen (secondary N) is 1. The number of rotatable bonds is 6. The summed E-state index contributed by atoms with van der Waals surface area (Å²) in [6, 6.07) is 14.9. The first-order chi connectivity index (χ1) is 16.4. The molecule has 3 aromatic carbocycles. The van der Waals surface area contributed by atoms with Crippen LogP contribution in [0.1, 0.15) is 17.2 Å². The van der Waals surface area contributed by atoms with Crippen LogP contribution in [0.15, 0.2) is 54.6 Å². The van der Waals surface area contributed by atoms with E-state index in [0.717, 1.165) is 23.2 Å². The highest BCUT2D eigenvalue weighted by atomic mass is 35.5. The van der Waals surface area contributed by atoms with Gasteiger partial charge in [-0.1, -0.05) is 23.2 Å². The standard InChI is InChI=1S/C25H23Cl2FN2O3S/c1-31-23-11-15-9-10-30(25(34)29-17-5-8-20(26)21(27)12-17)22(19(15)13-24(23)32-2)14-33-18-6-3-16(28)4-7-18/h3-8,11-13,22H,9-10,14H2,1-2H3,(H,29,34)/t22-/m1/s1. The molecule has 3 aromatic rings. The van der Waals surface area contributed by atoms with Crippen LogP contribution < -0.4 is 19.5 Å². The number of thiocarbonyl (C=S) groups is 1. The van der Waals surface area contributed by atoms with E-state index >= 15 is 0 Å². The van der Waals surface area contributed by atoms with Crippen molar-refractivity contribution in [3.63, 3.8) is 0 Å². The highest BCUT2D eigenvalue weighted by Crippen LogP contribution is 2.39. The molecule has 1 atom stereocenters. The summed E-state index contributed by atoms with van der Waals surface area (Å²) in [6.45, 7) is 0.949. The van der Waals surface area contributed by atoms with E-state index in [9.17, 15) is 4.39 Å². The monoisotopic (exact) mass is 520 g/mol. The first kappa shape index (κ1) is 24.4. The first-order valence-electron chi connectivity index (χ1n) is 10.6. The van der Waals surface area contributed by atoms with Gasteiger partial charge in [-0.15, -0.1) is 0 Å². The highest BCUT2D eigenvalue weighted by Gasteiger charge is 2.31. The average Bonchev–Trinajstić information content (AvgIpc) is 2.84. The molecule has 5 nitrogen and oxygen atoms in total. The van der Waals surface area contributed by atoms with Crippen LogP contribution in [0, 0.1) is 5.82 Å². The summed E-state index contributed by atoms with van der Waals surface area (Å²) in [4.78, 5) is 2.07. The highest BCUT2D eigenvalue weighted by molar-refractivity contribution is 7.80. The molecular formula is C25H23Cl2FN2O3S. The Morgan fingerprint density at radius 3 is 2.41 bits per heavy atom. The van der Waals surface area contributed by atoms with Gasteiger partial charge in [0.2, 0.25) is 0 Å². The maximum atomic E-state index is 13.3. The van der Waals surface area contributed by atoms with Gasteiger partial charge in [-0.3, -0.25) is 0 Å². The lowest BCUT2D eigenvalue weighted by atomic mass is 9.92. The van der Waals surface area contributed by atoms with E-state index in [0.29, 0.717) is 39.0 Å². The normalized spacial score (nSPS) is 14.9. The summed E-state index contributed by atoms with van der Waals surface area (Å²) >= 11 is 18.0. The molecule has 1 aliphatic rings. The van der Waals surface area contributed by atoms with Crippen LogP contribution in [-0.4, -0.2) is 37.4 Å². The van der Waals surface area contributed by atoms with Crippen molar-refractivity contribution in [1.29, 1.82) is 0 Å². The van der Waals surface area contributed by atoms with Crippen LogP contribution in [0.4, 0.5) is 10.1 Å². The van der Waals surface area contributed by atoms with Crippen molar-refractivity contribution in [1.82, 2.24) is 4.90 Å². The lowest BCUT2D eigenvalue weighted by Crippen LogP contribution is -2.44. The molecule has 1 heterocycles. The summed E-state index contributed by atoms with van der Waals surface area (Å²) in [5.74, 6) is 1.54. The Balaban J connectivity index is 1.64. The number of fused-ring (bicyclic) bond motifs is 1. The third-order valence-corrected chi connectivity index (χ3v) is 6.73. The summed E-state index contributed by atoms with van der Waals surface area (Å²) in [6.07, 6.45) is 0.756. The van der Waals surface area contributed by atoms with Crippen molar-refractivity contribution in [3.05, 3.63) is 81.6 Å². The van der Waals surface area contributed by atoms with E-state index in [4.69, 9.17) is 49.6 Å². The van der Waals surface area contributed by atoms with Crippen LogP contribution >= 0.6 is 35.4 Å². The van der Waals surface area contributed by atoms with Gasteiger partial charge >= 0.3 is 0 Å². The van der Waals surface area contributed by atoms with Gasteiger partial charge in [-0.25, -0.2) is 4.39 Å². The molecule has 0 fully saturated rings. The Labute approximate surface area is 213 Å². The quantitative estimate of drug-likeness (QED) is 0.373. The summed E-state index contributed by atoms with van der Waals surface area (Å²) in [5, 5.41) is 4.68. The second kappa shape index (κ2) is 10.7. The van der Waals surface area contributed by atoms with E-state index in [2.05, 4.69) is 10.2 Å². The molecule has 1 N–H and O–H groups in total. The Morgan fingerprint density at radius 1 is 1.03 bits per heavy atom. The Kier molecular flexibility index (Phi) is 7.66. The van der Waals surface area contributed by atoms with Gasteiger partial charge in [-0.2, -0.15) is 0 Å². The SMILES string of the molecule is COc1cc2c(cc1OC)[C@@H](COc1ccc(F)cc1)N(C(=S)Nc1ccc(Cl)c(Cl)c1)CC2. The van der Waals surface area contributed by atoms with Crippen molar-refractivity contribution in [2.75, 3.05) is 32.7 Å². The van der Waals surface area contributed by atoms with E-state index in [-0.39, 0.29) is 18.5 Å². The molecular weight excluding hydrogens is 498 g/mol. The number of nitrogens with zero attached hydrogens (tertiary/aromatic N) is 1. The maximum absolute atomic E-state index is 13.3. The second-order valence-corrected chi connectivity index (χ2v) is 8.89. The van der Waals surface area contributed by atoms with Crippen molar-refractivity contribution in [2.24, 2.45) is 0 Å². The van der Waals surface area contributed by atoms with Gasteiger partial charge in [-0.05, 0) is 84.4 Å². The maximum Gasteiger partial charge on any atom is 0.174 e. The Morgan fingerprint density at radius 2 is 1.74 bits per heavy atom. The van der Waals surface area contributed by atoms with Crippen LogP contribution in [0.3, 0.4) is 0 Å². The van der Waals surface area contributed by atoms with Crippen molar-refractivity contribution >= 4 is 46.2 Å². The molecule has 34 heavy (non-hydrogen) atoms. The van der Waals surface area contributed by atoms with Crippen LogP contribution in [0.5, 0.6) is 17.2 Å². The van der Waals surface area contributed by atoms with Crippen molar-refractivity contribution in [3.8, 4) is 17.2 Å². The number of hydrogen-bond acceptors (Lipinski definition) is 4. The van der Waals surface area contributed by atoms with Gasteiger partial charge < -0.3 is 24.4 Å². The zero-order valence-corrected chi connectivity index (χ0v) is 20.9. The molecule has 0 aromatic heterocycles. The minimum absolute atomic E-state index is 0.226. The van der Waals surface area contributed by atoms with E-state index in [1.807, 2.05) is 18.2 Å². The van der Waals surface area contributed by atoms with Crippen molar-refractivity contribution < 1.29 is 18.6 Å². The average molecular weight is 521 g/mol. The minimum atomic E-state index is -0.319. The molecule has 0 amide bonds. The zero-order valence-electron chi connectivity index (χ0n) is 18.6. The lowest BCUT2D eigenvalue weighted by molar-refractivity contribution is 0.190. The third kappa shape index (κ3) is 5.32. The molecule has 9 heteroatoms. The number of benzene rings is 3. The van der Waals surface area contributed by atoms with E-state index < -0.39 is 0 Å². The summed E-state index contributed by atoms with van der Waals surface area (Å²) in [7, 11) is 3.22. The molecule has 0 aliphatic carbocycles. The van der Waals surface area contributed by atoms with Crippen LogP contribution in [0.25, 0.3) is 0 Å². The fourth-order valence-electron chi connectivity index (χ4n) is 3.93. The number of hydrogen-bond donors (Lipinski definition) is 1. The molecule has 0 saturated carbocycles. The second-order valence-electron chi connectivity index (χ2n) is 7.69. The largest absolute Gasteiger partial charge is 0.493 e. The fourth-order valence-corrected chi connectivity index (χ4v) is 4.56. The summed E-state index contributed by atoms with van der Waals surface area (Å²) in [5.41, 5.74) is 2.87. The van der Waals surface area contributed by atoms with E-state index in [1.54, 1.807) is 38.5 Å². The van der Waals surface area contributed by atoms with Gasteiger partial charge in [0.25, 0.3) is 0 Å². The Hall–Kier alpha value is -2.74. The minimum Gasteiger partial charge on any atom is -0.493 e. The molecule has 0 spiro atoms. The Bertz CT molecular complexity index is 1190.